The minimum Gasteiger partial charge on any atom is -0.0848 e. The number of allylic oxidation sites excluding steroid dienone is 10. The molecule has 2 bridgehead atoms. The first-order valence-electron chi connectivity index (χ1n) is 7.77. The van der Waals surface area contributed by atoms with Crippen LogP contribution in [-0.4, -0.2) is 0 Å². The molecule has 0 heterocycles. The van der Waals surface area contributed by atoms with E-state index in [1.807, 2.05) is 0 Å². The number of fused-ring (bicyclic) bond motifs is 2. The molecule has 4 atom stereocenters. The molecule has 0 radical (unpaired) electrons. The topological polar surface area (TPSA) is 0 Å². The standard InChI is InChI=1S/C19H22/c1-2-6-14(5-1)11-18-16-9-10-17(13-16)19(18)12-15-7-3-4-8-15/h1-5,7,9-10,16-19H,6,8,11-13H2/t16?,17?,18-,19+. The molecule has 4 rings (SSSR count). The van der Waals surface area contributed by atoms with E-state index in [0.29, 0.717) is 0 Å². The van der Waals surface area contributed by atoms with Gasteiger partial charge >= 0.3 is 0 Å². The van der Waals surface area contributed by atoms with E-state index in [2.05, 4.69) is 48.6 Å². The van der Waals surface area contributed by atoms with Crippen LogP contribution in [0.25, 0.3) is 0 Å². The average Bonchev–Trinajstić information content (AvgIpc) is 3.15. The average molecular weight is 250 g/mol. The zero-order valence-electron chi connectivity index (χ0n) is 11.5. The van der Waals surface area contributed by atoms with E-state index in [4.69, 9.17) is 0 Å². The van der Waals surface area contributed by atoms with Crippen LogP contribution < -0.4 is 0 Å². The molecular formula is C19H22. The molecule has 98 valence electrons. The summed E-state index contributed by atoms with van der Waals surface area (Å²) in [6.07, 6.45) is 25.3. The highest BCUT2D eigenvalue weighted by molar-refractivity contribution is 5.28. The Hall–Kier alpha value is -1.30. The Kier molecular flexibility index (Phi) is 2.83. The highest BCUT2D eigenvalue weighted by Gasteiger charge is 2.44. The number of rotatable bonds is 4. The summed E-state index contributed by atoms with van der Waals surface area (Å²) in [5.41, 5.74) is 3.32. The lowest BCUT2D eigenvalue weighted by Crippen LogP contribution is -2.20. The fraction of sp³-hybridized carbons (Fsp3) is 0.474. The van der Waals surface area contributed by atoms with E-state index in [1.54, 1.807) is 11.1 Å². The van der Waals surface area contributed by atoms with Gasteiger partial charge in [-0.15, -0.1) is 0 Å². The molecule has 0 spiro atoms. The predicted molar refractivity (Wildman–Crippen MR) is 80.6 cm³/mol. The Morgan fingerprint density at radius 3 is 1.74 bits per heavy atom. The second kappa shape index (κ2) is 4.67. The summed E-state index contributed by atoms with van der Waals surface area (Å²) in [7, 11) is 0. The highest BCUT2D eigenvalue weighted by atomic mass is 14.5. The molecule has 0 aliphatic heterocycles. The second-order valence-corrected chi connectivity index (χ2v) is 6.60. The molecule has 0 aromatic carbocycles. The van der Waals surface area contributed by atoms with Crippen molar-refractivity contribution in [2.75, 3.05) is 0 Å². The van der Waals surface area contributed by atoms with Crippen molar-refractivity contribution >= 4 is 0 Å². The number of hydrogen-bond donors (Lipinski definition) is 0. The zero-order valence-corrected chi connectivity index (χ0v) is 11.5. The maximum atomic E-state index is 2.51. The first-order chi connectivity index (χ1) is 9.40. The Labute approximate surface area is 116 Å². The van der Waals surface area contributed by atoms with Crippen LogP contribution in [0.2, 0.25) is 0 Å². The molecule has 1 fully saturated rings. The van der Waals surface area contributed by atoms with Crippen LogP contribution in [-0.2, 0) is 0 Å². The molecule has 0 heteroatoms. The lowest BCUT2D eigenvalue weighted by molar-refractivity contribution is 0.303. The molecular weight excluding hydrogens is 228 g/mol. The molecule has 19 heavy (non-hydrogen) atoms. The van der Waals surface area contributed by atoms with Crippen molar-refractivity contribution in [2.45, 2.75) is 32.1 Å². The van der Waals surface area contributed by atoms with E-state index in [-0.39, 0.29) is 0 Å². The van der Waals surface area contributed by atoms with Gasteiger partial charge in [-0.05, 0) is 55.8 Å². The Bertz CT molecular complexity index is 466. The van der Waals surface area contributed by atoms with Gasteiger partial charge in [-0.2, -0.15) is 0 Å². The van der Waals surface area contributed by atoms with Crippen molar-refractivity contribution in [3.8, 4) is 0 Å². The van der Waals surface area contributed by atoms with Crippen molar-refractivity contribution in [3.63, 3.8) is 0 Å². The van der Waals surface area contributed by atoms with E-state index >= 15 is 0 Å². The van der Waals surface area contributed by atoms with E-state index in [9.17, 15) is 0 Å². The molecule has 0 aromatic heterocycles. The van der Waals surface area contributed by atoms with Gasteiger partial charge in [0.2, 0.25) is 0 Å². The van der Waals surface area contributed by atoms with Crippen molar-refractivity contribution in [1.82, 2.24) is 0 Å². The molecule has 1 saturated carbocycles. The van der Waals surface area contributed by atoms with E-state index in [0.717, 1.165) is 23.7 Å². The van der Waals surface area contributed by atoms with Gasteiger partial charge in [0, 0.05) is 0 Å². The minimum absolute atomic E-state index is 0.867. The molecule has 0 N–H and O–H groups in total. The fourth-order valence-corrected chi connectivity index (χ4v) is 4.52. The van der Waals surface area contributed by atoms with Crippen LogP contribution in [0, 0.1) is 23.7 Å². The SMILES string of the molecule is C1=CCC(C[C@@H]2C3C=CC(C3)[C@@H]2CC2=CC=CC2)=C1. The summed E-state index contributed by atoms with van der Waals surface area (Å²) in [5, 5.41) is 0. The van der Waals surface area contributed by atoms with Crippen LogP contribution in [0.4, 0.5) is 0 Å². The first-order valence-corrected chi connectivity index (χ1v) is 7.77. The molecule has 0 amide bonds. The van der Waals surface area contributed by atoms with E-state index in [1.165, 1.54) is 32.1 Å². The minimum atomic E-state index is 0.867. The quantitative estimate of drug-likeness (QED) is 0.617. The van der Waals surface area contributed by atoms with E-state index < -0.39 is 0 Å². The van der Waals surface area contributed by atoms with Crippen molar-refractivity contribution in [1.29, 1.82) is 0 Å². The lowest BCUT2D eigenvalue weighted by atomic mass is 9.76. The van der Waals surface area contributed by atoms with Crippen LogP contribution in [0.3, 0.4) is 0 Å². The van der Waals surface area contributed by atoms with Gasteiger partial charge in [-0.3, -0.25) is 0 Å². The normalized spacial score (nSPS) is 38.3. The van der Waals surface area contributed by atoms with Gasteiger partial charge in [-0.1, -0.05) is 59.8 Å². The van der Waals surface area contributed by atoms with Crippen molar-refractivity contribution in [3.05, 3.63) is 59.8 Å². The molecule has 0 saturated heterocycles. The Balaban J connectivity index is 1.49. The predicted octanol–water partition coefficient (Wildman–Crippen LogP) is 4.98. The number of hydrogen-bond acceptors (Lipinski definition) is 0. The van der Waals surface area contributed by atoms with Crippen molar-refractivity contribution in [2.24, 2.45) is 23.7 Å². The highest BCUT2D eigenvalue weighted by Crippen LogP contribution is 2.53. The third-order valence-electron chi connectivity index (χ3n) is 5.49. The monoisotopic (exact) mass is 250 g/mol. The lowest BCUT2D eigenvalue weighted by Gasteiger charge is -2.29. The van der Waals surface area contributed by atoms with Gasteiger partial charge in [-0.25, -0.2) is 0 Å². The Morgan fingerprint density at radius 1 is 0.789 bits per heavy atom. The summed E-state index contributed by atoms with van der Waals surface area (Å²) in [6, 6.07) is 0. The van der Waals surface area contributed by atoms with Gasteiger partial charge in [0.15, 0.2) is 0 Å². The molecule has 0 nitrogen and oxygen atoms in total. The largest absolute Gasteiger partial charge is 0.0848 e. The van der Waals surface area contributed by atoms with Crippen molar-refractivity contribution < 1.29 is 0 Å². The molecule has 4 aliphatic rings. The second-order valence-electron chi connectivity index (χ2n) is 6.60. The summed E-state index contributed by atoms with van der Waals surface area (Å²) in [6.45, 7) is 0. The summed E-state index contributed by atoms with van der Waals surface area (Å²) < 4.78 is 0. The smallest absolute Gasteiger partial charge is 0.0132 e. The zero-order chi connectivity index (χ0) is 12.7. The van der Waals surface area contributed by atoms with Crippen LogP contribution in [0.1, 0.15) is 32.1 Å². The van der Waals surface area contributed by atoms with Gasteiger partial charge < -0.3 is 0 Å². The summed E-state index contributed by atoms with van der Waals surface area (Å²) in [5.74, 6) is 3.54. The summed E-state index contributed by atoms with van der Waals surface area (Å²) in [4.78, 5) is 0. The van der Waals surface area contributed by atoms with Crippen LogP contribution in [0.5, 0.6) is 0 Å². The van der Waals surface area contributed by atoms with Gasteiger partial charge in [0.1, 0.15) is 0 Å². The Morgan fingerprint density at radius 2 is 1.32 bits per heavy atom. The molecule has 4 aliphatic carbocycles. The molecule has 0 aromatic rings. The van der Waals surface area contributed by atoms with Crippen LogP contribution in [0.15, 0.2) is 59.8 Å². The maximum absolute atomic E-state index is 2.51. The van der Waals surface area contributed by atoms with Gasteiger partial charge in [0.05, 0.1) is 0 Å². The first kappa shape index (κ1) is 11.5. The third kappa shape index (κ3) is 2.08. The molecule has 2 unspecified atom stereocenters. The van der Waals surface area contributed by atoms with Crippen LogP contribution >= 0.6 is 0 Å². The summed E-state index contributed by atoms with van der Waals surface area (Å²) >= 11 is 0. The fourth-order valence-electron chi connectivity index (χ4n) is 4.52. The van der Waals surface area contributed by atoms with Gasteiger partial charge in [0.25, 0.3) is 0 Å². The maximum Gasteiger partial charge on any atom is -0.0132 e. The third-order valence-corrected chi connectivity index (χ3v) is 5.49.